The summed E-state index contributed by atoms with van der Waals surface area (Å²) in [5, 5.41) is 4.19. The van der Waals surface area contributed by atoms with E-state index in [-0.39, 0.29) is 0 Å². The van der Waals surface area contributed by atoms with Crippen molar-refractivity contribution in [2.75, 3.05) is 0 Å². The topological polar surface area (TPSA) is 53.1 Å². The molecule has 0 aliphatic rings. The van der Waals surface area contributed by atoms with E-state index >= 15 is 0 Å². The molecule has 0 amide bonds. The molecule has 0 saturated heterocycles. The zero-order chi connectivity index (χ0) is 12.4. The van der Waals surface area contributed by atoms with Crippen LogP contribution in [0, 0.1) is 13.8 Å². The maximum absolute atomic E-state index is 5.55. The van der Waals surface area contributed by atoms with Crippen molar-refractivity contribution in [3.63, 3.8) is 0 Å². The normalized spacial score (nSPS) is 11.1. The van der Waals surface area contributed by atoms with Gasteiger partial charge in [0, 0.05) is 6.04 Å². The van der Waals surface area contributed by atoms with Gasteiger partial charge in [-0.3, -0.25) is 4.68 Å². The van der Waals surface area contributed by atoms with Gasteiger partial charge >= 0.3 is 0 Å². The molecule has 2 rings (SSSR count). The fourth-order valence-corrected chi connectivity index (χ4v) is 1.42. The average Bonchev–Trinajstić information content (AvgIpc) is 2.84. The smallest absolute Gasteiger partial charge is 0.232 e. The molecule has 0 atom stereocenters. The van der Waals surface area contributed by atoms with E-state index in [1.54, 1.807) is 6.20 Å². The molecule has 17 heavy (non-hydrogen) atoms. The summed E-state index contributed by atoms with van der Waals surface area (Å²) in [5.74, 6) is 2.16. The Balaban J connectivity index is 1.97. The van der Waals surface area contributed by atoms with Crippen LogP contribution in [0.5, 0.6) is 5.75 Å². The van der Waals surface area contributed by atoms with Crippen molar-refractivity contribution in [1.29, 1.82) is 0 Å². The van der Waals surface area contributed by atoms with E-state index in [0.29, 0.717) is 18.5 Å². The monoisotopic (exact) mass is 235 g/mol. The first-order chi connectivity index (χ1) is 8.06. The minimum atomic E-state index is 0.332. The van der Waals surface area contributed by atoms with Gasteiger partial charge in [0.15, 0.2) is 12.4 Å². The van der Waals surface area contributed by atoms with Crippen molar-refractivity contribution in [2.45, 2.75) is 40.3 Å². The summed E-state index contributed by atoms with van der Waals surface area (Å²) in [7, 11) is 0. The van der Waals surface area contributed by atoms with Crippen LogP contribution in [0.4, 0.5) is 0 Å². The Bertz CT molecular complexity index is 480. The lowest BCUT2D eigenvalue weighted by Crippen LogP contribution is -2.00. The van der Waals surface area contributed by atoms with E-state index in [2.05, 4.69) is 23.9 Å². The largest absolute Gasteiger partial charge is 0.481 e. The molecule has 0 fully saturated rings. The lowest BCUT2D eigenvalue weighted by Gasteiger charge is -2.03. The molecular formula is C12H17N3O2. The molecule has 2 heterocycles. The predicted octanol–water partition coefficient (Wildman–Crippen LogP) is 2.65. The summed E-state index contributed by atoms with van der Waals surface area (Å²) in [4.78, 5) is 4.25. The van der Waals surface area contributed by atoms with E-state index < -0.39 is 0 Å². The maximum Gasteiger partial charge on any atom is 0.232 e. The van der Waals surface area contributed by atoms with E-state index in [4.69, 9.17) is 9.15 Å². The third-order valence-electron chi connectivity index (χ3n) is 2.54. The number of nitrogens with zero attached hydrogens (tertiary/aromatic N) is 3. The minimum Gasteiger partial charge on any atom is -0.481 e. The quantitative estimate of drug-likeness (QED) is 0.817. The third kappa shape index (κ3) is 2.67. The first-order valence-electron chi connectivity index (χ1n) is 5.66. The molecule has 0 radical (unpaired) electrons. The summed E-state index contributed by atoms with van der Waals surface area (Å²) < 4.78 is 12.8. The van der Waals surface area contributed by atoms with E-state index in [1.165, 1.54) is 0 Å². The second-order valence-electron chi connectivity index (χ2n) is 4.29. The van der Waals surface area contributed by atoms with Crippen LogP contribution < -0.4 is 4.74 Å². The Morgan fingerprint density at radius 1 is 1.41 bits per heavy atom. The Morgan fingerprint density at radius 2 is 2.18 bits per heavy atom. The van der Waals surface area contributed by atoms with Crippen molar-refractivity contribution in [3.05, 3.63) is 29.7 Å². The Hall–Kier alpha value is -1.78. The van der Waals surface area contributed by atoms with Crippen LogP contribution >= 0.6 is 0 Å². The molecule has 0 spiro atoms. The standard InChI is InChI=1S/C12H17N3O2/c1-8(2)15-6-11(5-13-15)16-7-12-14-9(3)10(4)17-12/h5-6,8H,7H2,1-4H3. The van der Waals surface area contributed by atoms with Crippen LogP contribution in [0.1, 0.15) is 37.2 Å². The first-order valence-corrected chi connectivity index (χ1v) is 5.66. The molecule has 2 aromatic rings. The second kappa shape index (κ2) is 4.61. The Morgan fingerprint density at radius 3 is 2.71 bits per heavy atom. The van der Waals surface area contributed by atoms with Gasteiger partial charge in [0.1, 0.15) is 5.76 Å². The Labute approximate surface area is 100 Å². The molecule has 0 N–H and O–H groups in total. The zero-order valence-electron chi connectivity index (χ0n) is 10.6. The fourth-order valence-electron chi connectivity index (χ4n) is 1.42. The second-order valence-corrected chi connectivity index (χ2v) is 4.29. The summed E-state index contributed by atoms with van der Waals surface area (Å²) in [5.41, 5.74) is 0.904. The molecule has 5 nitrogen and oxygen atoms in total. The van der Waals surface area contributed by atoms with Crippen molar-refractivity contribution < 1.29 is 9.15 Å². The Kier molecular flexibility index (Phi) is 3.17. The van der Waals surface area contributed by atoms with Gasteiger partial charge in [-0.25, -0.2) is 4.98 Å². The number of ether oxygens (including phenoxy) is 1. The summed E-state index contributed by atoms with van der Waals surface area (Å²) in [6.45, 7) is 8.27. The highest BCUT2D eigenvalue weighted by Crippen LogP contribution is 2.15. The van der Waals surface area contributed by atoms with E-state index in [9.17, 15) is 0 Å². The number of aryl methyl sites for hydroxylation is 2. The highest BCUT2D eigenvalue weighted by Gasteiger charge is 2.07. The fraction of sp³-hybridized carbons (Fsp3) is 0.500. The van der Waals surface area contributed by atoms with Crippen LogP contribution in [0.3, 0.4) is 0 Å². The predicted molar refractivity (Wildman–Crippen MR) is 62.9 cm³/mol. The van der Waals surface area contributed by atoms with Crippen molar-refractivity contribution in [3.8, 4) is 5.75 Å². The molecule has 2 aromatic heterocycles. The highest BCUT2D eigenvalue weighted by atomic mass is 16.5. The van der Waals surface area contributed by atoms with Crippen LogP contribution in [-0.4, -0.2) is 14.8 Å². The number of hydrogen-bond acceptors (Lipinski definition) is 4. The molecule has 0 aliphatic heterocycles. The van der Waals surface area contributed by atoms with Gasteiger partial charge in [0.2, 0.25) is 5.89 Å². The van der Waals surface area contributed by atoms with Crippen molar-refractivity contribution in [1.82, 2.24) is 14.8 Å². The van der Waals surface area contributed by atoms with Crippen molar-refractivity contribution in [2.24, 2.45) is 0 Å². The summed E-state index contributed by atoms with van der Waals surface area (Å²) >= 11 is 0. The molecule has 0 unspecified atom stereocenters. The SMILES string of the molecule is Cc1nc(COc2cnn(C(C)C)c2)oc1C. The maximum atomic E-state index is 5.55. The van der Waals surface area contributed by atoms with E-state index in [0.717, 1.165) is 17.2 Å². The molecule has 0 saturated carbocycles. The molecule has 0 aliphatic carbocycles. The highest BCUT2D eigenvalue weighted by molar-refractivity contribution is 5.12. The van der Waals surface area contributed by atoms with Crippen molar-refractivity contribution >= 4 is 0 Å². The van der Waals surface area contributed by atoms with Gasteiger partial charge < -0.3 is 9.15 Å². The number of rotatable bonds is 4. The van der Waals surface area contributed by atoms with Gasteiger partial charge in [-0.1, -0.05) is 0 Å². The molecule has 0 bridgehead atoms. The van der Waals surface area contributed by atoms with Crippen LogP contribution in [0.2, 0.25) is 0 Å². The molecule has 92 valence electrons. The lowest BCUT2D eigenvalue weighted by atomic mass is 10.4. The van der Waals surface area contributed by atoms with Gasteiger partial charge in [0.05, 0.1) is 18.1 Å². The lowest BCUT2D eigenvalue weighted by molar-refractivity contribution is 0.260. The number of hydrogen-bond donors (Lipinski definition) is 0. The van der Waals surface area contributed by atoms with Gasteiger partial charge in [0.25, 0.3) is 0 Å². The van der Waals surface area contributed by atoms with Gasteiger partial charge in [-0.15, -0.1) is 0 Å². The van der Waals surface area contributed by atoms with Crippen LogP contribution in [-0.2, 0) is 6.61 Å². The van der Waals surface area contributed by atoms with Gasteiger partial charge in [-0.05, 0) is 27.7 Å². The van der Waals surface area contributed by atoms with E-state index in [1.807, 2.05) is 24.7 Å². The summed E-state index contributed by atoms with van der Waals surface area (Å²) in [6.07, 6.45) is 3.57. The first kappa shape index (κ1) is 11.7. The molecule has 5 heteroatoms. The number of aromatic nitrogens is 3. The average molecular weight is 235 g/mol. The third-order valence-corrected chi connectivity index (χ3v) is 2.54. The van der Waals surface area contributed by atoms with Gasteiger partial charge in [-0.2, -0.15) is 5.10 Å². The molecule has 0 aromatic carbocycles. The van der Waals surface area contributed by atoms with Crippen LogP contribution in [0.25, 0.3) is 0 Å². The zero-order valence-corrected chi connectivity index (χ0v) is 10.6. The molecular weight excluding hydrogens is 218 g/mol. The summed E-state index contributed by atoms with van der Waals surface area (Å²) in [6, 6.07) is 0.332. The van der Waals surface area contributed by atoms with Crippen LogP contribution in [0.15, 0.2) is 16.8 Å². The minimum absolute atomic E-state index is 0.332. The number of oxazole rings is 1.